The van der Waals surface area contributed by atoms with Gasteiger partial charge in [0, 0.05) is 25.0 Å². The average molecular weight is 280 g/mol. The first kappa shape index (κ1) is 14.8. The Kier molecular flexibility index (Phi) is 5.37. The first-order valence-electron chi connectivity index (χ1n) is 6.58. The van der Waals surface area contributed by atoms with Crippen molar-refractivity contribution in [2.24, 2.45) is 0 Å². The number of ether oxygens (including phenoxy) is 1. The molecule has 0 amide bonds. The van der Waals surface area contributed by atoms with Crippen molar-refractivity contribution in [3.8, 4) is 5.75 Å². The summed E-state index contributed by atoms with van der Waals surface area (Å²) in [6.07, 6.45) is -0.601. The zero-order chi connectivity index (χ0) is 14.4. The smallest absolute Gasteiger partial charge is 0.134 e. The van der Waals surface area contributed by atoms with Gasteiger partial charge in [0.05, 0.1) is 0 Å². The van der Waals surface area contributed by atoms with E-state index in [1.54, 1.807) is 0 Å². The van der Waals surface area contributed by atoms with Gasteiger partial charge in [-0.2, -0.15) is 0 Å². The number of nitrogens with one attached hydrogen (secondary N) is 2. The summed E-state index contributed by atoms with van der Waals surface area (Å²) in [5.41, 5.74) is 2.86. The van der Waals surface area contributed by atoms with Crippen LogP contribution in [0.15, 0.2) is 28.7 Å². The summed E-state index contributed by atoms with van der Waals surface area (Å²) in [5, 5.41) is 22.1. The molecule has 0 aliphatic carbocycles. The molecule has 0 fully saturated rings. The van der Waals surface area contributed by atoms with Crippen molar-refractivity contribution in [1.82, 2.24) is 10.8 Å². The Labute approximate surface area is 117 Å². The molecular formula is C14H20N2O4. The second-order valence-electron chi connectivity index (χ2n) is 4.63. The molecule has 0 radical (unpaired) electrons. The Morgan fingerprint density at radius 2 is 2.15 bits per heavy atom. The molecule has 1 unspecified atom stereocenters. The fourth-order valence-corrected chi connectivity index (χ4v) is 1.91. The maximum atomic E-state index is 9.74. The van der Waals surface area contributed by atoms with Gasteiger partial charge in [0.1, 0.15) is 29.8 Å². The van der Waals surface area contributed by atoms with Gasteiger partial charge in [-0.25, -0.2) is 5.48 Å². The summed E-state index contributed by atoms with van der Waals surface area (Å²) in [6.45, 7) is 3.53. The van der Waals surface area contributed by atoms with Gasteiger partial charge in [-0.1, -0.05) is 0 Å². The van der Waals surface area contributed by atoms with E-state index in [9.17, 15) is 5.11 Å². The average Bonchev–Trinajstić information content (AvgIpc) is 2.80. The predicted molar refractivity (Wildman–Crippen MR) is 75.1 cm³/mol. The van der Waals surface area contributed by atoms with E-state index in [0.717, 1.165) is 16.7 Å². The molecule has 6 nitrogen and oxygen atoms in total. The monoisotopic (exact) mass is 280 g/mol. The Hall–Kier alpha value is -1.60. The molecular weight excluding hydrogens is 260 g/mol. The first-order valence-corrected chi connectivity index (χ1v) is 6.58. The number of benzene rings is 1. The lowest BCUT2D eigenvalue weighted by molar-refractivity contribution is 0.105. The molecule has 0 aliphatic rings. The molecule has 0 bridgehead atoms. The minimum atomic E-state index is -0.601. The van der Waals surface area contributed by atoms with E-state index in [0.29, 0.717) is 25.4 Å². The van der Waals surface area contributed by atoms with Crippen molar-refractivity contribution in [3.05, 3.63) is 30.0 Å². The Morgan fingerprint density at radius 3 is 2.95 bits per heavy atom. The van der Waals surface area contributed by atoms with E-state index < -0.39 is 6.10 Å². The highest BCUT2D eigenvalue weighted by atomic mass is 16.5. The van der Waals surface area contributed by atoms with Gasteiger partial charge in [0.15, 0.2) is 0 Å². The molecule has 2 aromatic rings. The van der Waals surface area contributed by atoms with Crippen LogP contribution in [-0.2, 0) is 0 Å². The van der Waals surface area contributed by atoms with E-state index in [1.165, 1.54) is 0 Å². The molecule has 1 heterocycles. The maximum absolute atomic E-state index is 9.74. The third kappa shape index (κ3) is 4.21. The van der Waals surface area contributed by atoms with E-state index in [-0.39, 0.29) is 6.61 Å². The van der Waals surface area contributed by atoms with E-state index in [2.05, 4.69) is 5.32 Å². The summed E-state index contributed by atoms with van der Waals surface area (Å²) in [7, 11) is 0. The lowest BCUT2D eigenvalue weighted by Crippen LogP contribution is -2.34. The van der Waals surface area contributed by atoms with Crippen molar-refractivity contribution in [2.75, 3.05) is 26.2 Å². The number of aliphatic hydroxyl groups is 1. The first-order chi connectivity index (χ1) is 9.69. The number of furan rings is 1. The molecule has 1 atom stereocenters. The Morgan fingerprint density at radius 1 is 1.30 bits per heavy atom. The number of hydroxylamine groups is 1. The molecule has 0 saturated carbocycles. The molecule has 4 N–H and O–H groups in total. The normalized spacial score (nSPS) is 12.8. The molecule has 1 aromatic carbocycles. The highest BCUT2D eigenvalue weighted by Crippen LogP contribution is 2.23. The fraction of sp³-hybridized carbons (Fsp3) is 0.429. The van der Waals surface area contributed by atoms with Crippen LogP contribution in [0, 0.1) is 6.92 Å². The topological polar surface area (TPSA) is 86.9 Å². The summed E-state index contributed by atoms with van der Waals surface area (Å²) >= 11 is 0. The number of rotatable bonds is 8. The third-order valence-corrected chi connectivity index (χ3v) is 2.85. The van der Waals surface area contributed by atoms with Gasteiger partial charge in [0.2, 0.25) is 0 Å². The standard InChI is InChI=1S/C14H20N2O4/c1-10-6-11-7-13(2-3-14(11)20-10)19-9-12(17)8-15-4-5-16-18/h2-3,6-7,12,15-18H,4-5,8-9H2,1H3. The molecule has 1 aromatic heterocycles. The third-order valence-electron chi connectivity index (χ3n) is 2.85. The fourth-order valence-electron chi connectivity index (χ4n) is 1.91. The molecule has 0 aliphatic heterocycles. The number of aryl methyl sites for hydroxylation is 1. The van der Waals surface area contributed by atoms with E-state index in [1.807, 2.05) is 36.7 Å². The highest BCUT2D eigenvalue weighted by Gasteiger charge is 2.06. The number of hydrogen-bond acceptors (Lipinski definition) is 6. The summed E-state index contributed by atoms with van der Waals surface area (Å²) in [4.78, 5) is 0. The van der Waals surface area contributed by atoms with Crippen LogP contribution in [0.25, 0.3) is 11.0 Å². The quantitative estimate of drug-likeness (QED) is 0.427. The molecule has 0 spiro atoms. The second-order valence-corrected chi connectivity index (χ2v) is 4.63. The summed E-state index contributed by atoms with van der Waals surface area (Å²) in [5.74, 6) is 1.56. The molecule has 20 heavy (non-hydrogen) atoms. The Balaban J connectivity index is 1.79. The van der Waals surface area contributed by atoms with Crippen LogP contribution in [0.2, 0.25) is 0 Å². The van der Waals surface area contributed by atoms with Crippen LogP contribution in [0.5, 0.6) is 5.75 Å². The van der Waals surface area contributed by atoms with Crippen LogP contribution >= 0.6 is 0 Å². The largest absolute Gasteiger partial charge is 0.491 e. The lowest BCUT2D eigenvalue weighted by atomic mass is 10.2. The molecule has 2 rings (SSSR count). The van der Waals surface area contributed by atoms with E-state index >= 15 is 0 Å². The number of fused-ring (bicyclic) bond motifs is 1. The van der Waals surface area contributed by atoms with Crippen LogP contribution in [0.4, 0.5) is 0 Å². The van der Waals surface area contributed by atoms with Crippen molar-refractivity contribution in [3.63, 3.8) is 0 Å². The van der Waals surface area contributed by atoms with Gasteiger partial charge in [-0.05, 0) is 31.2 Å². The predicted octanol–water partition coefficient (Wildman–Crippen LogP) is 1.05. The van der Waals surface area contributed by atoms with Gasteiger partial charge < -0.3 is 24.8 Å². The van der Waals surface area contributed by atoms with Crippen molar-refractivity contribution in [1.29, 1.82) is 0 Å². The van der Waals surface area contributed by atoms with Crippen LogP contribution < -0.4 is 15.5 Å². The van der Waals surface area contributed by atoms with Crippen molar-refractivity contribution >= 4 is 11.0 Å². The van der Waals surface area contributed by atoms with Crippen LogP contribution in [-0.4, -0.2) is 42.7 Å². The molecule has 110 valence electrons. The van der Waals surface area contributed by atoms with Gasteiger partial charge in [-0.3, -0.25) is 0 Å². The van der Waals surface area contributed by atoms with Gasteiger partial charge in [0.25, 0.3) is 0 Å². The van der Waals surface area contributed by atoms with Crippen molar-refractivity contribution < 1.29 is 19.5 Å². The number of aliphatic hydroxyl groups excluding tert-OH is 1. The van der Waals surface area contributed by atoms with E-state index in [4.69, 9.17) is 14.4 Å². The zero-order valence-corrected chi connectivity index (χ0v) is 11.4. The van der Waals surface area contributed by atoms with Crippen LogP contribution in [0.1, 0.15) is 5.76 Å². The minimum absolute atomic E-state index is 0.210. The van der Waals surface area contributed by atoms with Crippen molar-refractivity contribution in [2.45, 2.75) is 13.0 Å². The SMILES string of the molecule is Cc1cc2cc(OCC(O)CNCCNO)ccc2o1. The highest BCUT2D eigenvalue weighted by molar-refractivity contribution is 5.79. The summed E-state index contributed by atoms with van der Waals surface area (Å²) < 4.78 is 11.0. The lowest BCUT2D eigenvalue weighted by Gasteiger charge is -2.13. The zero-order valence-electron chi connectivity index (χ0n) is 11.4. The second kappa shape index (κ2) is 7.25. The van der Waals surface area contributed by atoms with Gasteiger partial charge in [-0.15, -0.1) is 0 Å². The van der Waals surface area contributed by atoms with Gasteiger partial charge >= 0.3 is 0 Å². The van der Waals surface area contributed by atoms with Crippen LogP contribution in [0.3, 0.4) is 0 Å². The Bertz CT molecular complexity index is 541. The number of hydrogen-bond donors (Lipinski definition) is 4. The minimum Gasteiger partial charge on any atom is -0.491 e. The summed E-state index contributed by atoms with van der Waals surface area (Å²) in [6, 6.07) is 7.51. The molecule has 0 saturated heterocycles. The maximum Gasteiger partial charge on any atom is 0.134 e. The molecule has 6 heteroatoms.